The van der Waals surface area contributed by atoms with E-state index >= 15 is 0 Å². The topological polar surface area (TPSA) is 71.1 Å². The van der Waals surface area contributed by atoms with E-state index in [4.69, 9.17) is 16.3 Å². The van der Waals surface area contributed by atoms with Crippen LogP contribution in [0.25, 0.3) is 11.2 Å². The average Bonchev–Trinajstić information content (AvgIpc) is 2.88. The standard InChI is InChI=1S/C15H14BrClN4O3/c1-19-12-11(13(22)20(2)15(19)23)18-14(16)21(12)7-8-6-9(17)4-5-10(8)24-3/h4-6H,7H2,1-3H3. The van der Waals surface area contributed by atoms with Crippen LogP contribution in [0, 0.1) is 0 Å². The SMILES string of the molecule is COc1ccc(Cl)cc1Cn1c(Br)nc2c(=O)n(C)c(=O)n(C)c21. The van der Waals surface area contributed by atoms with E-state index in [0.717, 1.165) is 10.1 Å². The maximum absolute atomic E-state index is 12.3. The molecule has 126 valence electrons. The van der Waals surface area contributed by atoms with Gasteiger partial charge in [-0.05, 0) is 34.1 Å². The minimum atomic E-state index is -0.439. The Morgan fingerprint density at radius 1 is 1.25 bits per heavy atom. The number of imidazole rings is 1. The highest BCUT2D eigenvalue weighted by Gasteiger charge is 2.19. The molecule has 0 radical (unpaired) electrons. The van der Waals surface area contributed by atoms with Crippen LogP contribution in [0.4, 0.5) is 0 Å². The zero-order valence-electron chi connectivity index (χ0n) is 13.2. The fraction of sp³-hybridized carbons (Fsp3) is 0.267. The van der Waals surface area contributed by atoms with Crippen LogP contribution < -0.4 is 16.0 Å². The van der Waals surface area contributed by atoms with Gasteiger partial charge in [0.05, 0.1) is 13.7 Å². The molecule has 24 heavy (non-hydrogen) atoms. The first kappa shape index (κ1) is 16.8. The third-order valence-corrected chi connectivity index (χ3v) is 4.70. The van der Waals surface area contributed by atoms with Crippen molar-refractivity contribution in [2.24, 2.45) is 14.1 Å². The molecule has 7 nitrogen and oxygen atoms in total. The molecule has 0 amide bonds. The molecule has 0 fully saturated rings. The minimum Gasteiger partial charge on any atom is -0.496 e. The Labute approximate surface area is 150 Å². The van der Waals surface area contributed by atoms with Crippen LogP contribution in [0.15, 0.2) is 32.5 Å². The van der Waals surface area contributed by atoms with Crippen LogP contribution in [0.1, 0.15) is 5.56 Å². The second-order valence-electron chi connectivity index (χ2n) is 5.30. The summed E-state index contributed by atoms with van der Waals surface area (Å²) in [6.07, 6.45) is 0. The molecule has 0 spiro atoms. The van der Waals surface area contributed by atoms with Gasteiger partial charge in [-0.15, -0.1) is 0 Å². The average molecular weight is 414 g/mol. The summed E-state index contributed by atoms with van der Waals surface area (Å²) in [5.74, 6) is 0.655. The smallest absolute Gasteiger partial charge is 0.332 e. The maximum Gasteiger partial charge on any atom is 0.332 e. The van der Waals surface area contributed by atoms with Gasteiger partial charge in [0, 0.05) is 24.7 Å². The number of methoxy groups -OCH3 is 1. The molecule has 0 atom stereocenters. The molecule has 0 bridgehead atoms. The molecular weight excluding hydrogens is 400 g/mol. The highest BCUT2D eigenvalue weighted by molar-refractivity contribution is 9.10. The zero-order chi connectivity index (χ0) is 17.6. The molecule has 3 aromatic rings. The van der Waals surface area contributed by atoms with Crippen molar-refractivity contribution in [3.8, 4) is 5.75 Å². The van der Waals surface area contributed by atoms with E-state index in [0.29, 0.717) is 27.7 Å². The Balaban J connectivity index is 2.29. The molecule has 3 rings (SSSR count). The van der Waals surface area contributed by atoms with Crippen molar-refractivity contribution in [3.63, 3.8) is 0 Å². The molecule has 0 aliphatic rings. The monoisotopic (exact) mass is 412 g/mol. The summed E-state index contributed by atoms with van der Waals surface area (Å²) in [5, 5.41) is 0.566. The van der Waals surface area contributed by atoms with Gasteiger partial charge in [-0.2, -0.15) is 0 Å². The summed E-state index contributed by atoms with van der Waals surface area (Å²) in [5.41, 5.74) is 0.590. The van der Waals surface area contributed by atoms with Crippen molar-refractivity contribution in [2.45, 2.75) is 6.54 Å². The Hall–Kier alpha value is -2.06. The van der Waals surface area contributed by atoms with Crippen molar-refractivity contribution >= 4 is 38.7 Å². The molecule has 9 heteroatoms. The third kappa shape index (κ3) is 2.55. The second-order valence-corrected chi connectivity index (χ2v) is 6.45. The van der Waals surface area contributed by atoms with Crippen LogP contribution >= 0.6 is 27.5 Å². The van der Waals surface area contributed by atoms with Crippen LogP contribution in [0.3, 0.4) is 0 Å². The number of aromatic nitrogens is 4. The van der Waals surface area contributed by atoms with Crippen LogP contribution in [-0.4, -0.2) is 25.8 Å². The lowest BCUT2D eigenvalue weighted by Gasteiger charge is -2.12. The highest BCUT2D eigenvalue weighted by Crippen LogP contribution is 2.26. The normalized spacial score (nSPS) is 11.2. The van der Waals surface area contributed by atoms with Gasteiger partial charge >= 0.3 is 5.69 Å². The Morgan fingerprint density at radius 2 is 1.96 bits per heavy atom. The van der Waals surface area contributed by atoms with Crippen LogP contribution in [-0.2, 0) is 20.6 Å². The van der Waals surface area contributed by atoms with E-state index in [2.05, 4.69) is 20.9 Å². The third-order valence-electron chi connectivity index (χ3n) is 3.86. The molecule has 0 aliphatic heterocycles. The first-order valence-electron chi connectivity index (χ1n) is 6.99. The highest BCUT2D eigenvalue weighted by atomic mass is 79.9. The number of aryl methyl sites for hydroxylation is 1. The van der Waals surface area contributed by atoms with Crippen molar-refractivity contribution in [3.05, 3.63) is 54.4 Å². The van der Waals surface area contributed by atoms with Crippen LogP contribution in [0.2, 0.25) is 5.02 Å². The van der Waals surface area contributed by atoms with E-state index < -0.39 is 11.2 Å². The van der Waals surface area contributed by atoms with E-state index in [9.17, 15) is 9.59 Å². The zero-order valence-corrected chi connectivity index (χ0v) is 15.6. The molecule has 0 unspecified atom stereocenters. The molecule has 0 saturated carbocycles. The molecule has 0 saturated heterocycles. The Morgan fingerprint density at radius 3 is 2.62 bits per heavy atom. The van der Waals surface area contributed by atoms with E-state index in [1.807, 2.05) is 0 Å². The number of hydrogen-bond donors (Lipinski definition) is 0. The van der Waals surface area contributed by atoms with Gasteiger partial charge in [0.25, 0.3) is 5.56 Å². The predicted molar refractivity (Wildman–Crippen MR) is 95.0 cm³/mol. The molecule has 2 heterocycles. The summed E-state index contributed by atoms with van der Waals surface area (Å²) in [6, 6.07) is 5.27. The quantitative estimate of drug-likeness (QED) is 0.615. The Bertz CT molecular complexity index is 1070. The van der Waals surface area contributed by atoms with Gasteiger partial charge in [-0.25, -0.2) is 9.78 Å². The fourth-order valence-electron chi connectivity index (χ4n) is 2.64. The van der Waals surface area contributed by atoms with Crippen molar-refractivity contribution in [1.82, 2.24) is 18.7 Å². The number of ether oxygens (including phenoxy) is 1. The number of hydrogen-bond acceptors (Lipinski definition) is 4. The number of rotatable bonds is 3. The molecular formula is C15H14BrClN4O3. The number of benzene rings is 1. The second kappa shape index (κ2) is 6.10. The van der Waals surface area contributed by atoms with Gasteiger partial charge in [-0.3, -0.25) is 18.5 Å². The van der Waals surface area contributed by atoms with Gasteiger partial charge < -0.3 is 4.74 Å². The summed E-state index contributed by atoms with van der Waals surface area (Å²) >= 11 is 9.44. The van der Waals surface area contributed by atoms with Crippen LogP contribution in [0.5, 0.6) is 5.75 Å². The van der Waals surface area contributed by atoms with Gasteiger partial charge in [0.2, 0.25) is 0 Å². The first-order valence-corrected chi connectivity index (χ1v) is 8.16. The fourth-order valence-corrected chi connectivity index (χ4v) is 3.31. The number of halogens is 2. The van der Waals surface area contributed by atoms with Gasteiger partial charge in [0.15, 0.2) is 15.9 Å². The van der Waals surface area contributed by atoms with Crippen molar-refractivity contribution in [2.75, 3.05) is 7.11 Å². The van der Waals surface area contributed by atoms with Gasteiger partial charge in [-0.1, -0.05) is 11.6 Å². The molecule has 1 aromatic carbocycles. The summed E-state index contributed by atoms with van der Waals surface area (Å²) in [4.78, 5) is 28.8. The Kier molecular flexibility index (Phi) is 4.27. The number of nitrogens with zero attached hydrogens (tertiary/aromatic N) is 4. The van der Waals surface area contributed by atoms with E-state index in [-0.39, 0.29) is 5.52 Å². The summed E-state index contributed by atoms with van der Waals surface area (Å²) in [6.45, 7) is 0.335. The summed E-state index contributed by atoms with van der Waals surface area (Å²) < 4.78 is 9.95. The molecule has 2 aromatic heterocycles. The lowest BCUT2D eigenvalue weighted by molar-refractivity contribution is 0.408. The van der Waals surface area contributed by atoms with E-state index in [1.54, 1.807) is 36.9 Å². The van der Waals surface area contributed by atoms with E-state index in [1.165, 1.54) is 11.6 Å². The largest absolute Gasteiger partial charge is 0.496 e. The van der Waals surface area contributed by atoms with Crippen molar-refractivity contribution in [1.29, 1.82) is 0 Å². The first-order chi connectivity index (χ1) is 11.3. The lowest BCUT2D eigenvalue weighted by atomic mass is 10.2. The molecule has 0 aliphatic carbocycles. The molecule has 0 N–H and O–H groups in total. The number of fused-ring (bicyclic) bond motifs is 1. The minimum absolute atomic E-state index is 0.215. The van der Waals surface area contributed by atoms with Crippen molar-refractivity contribution < 1.29 is 4.74 Å². The lowest BCUT2D eigenvalue weighted by Crippen LogP contribution is -2.37. The maximum atomic E-state index is 12.3. The predicted octanol–water partition coefficient (Wildman–Crippen LogP) is 1.91. The summed E-state index contributed by atoms with van der Waals surface area (Å²) in [7, 11) is 4.60. The van der Waals surface area contributed by atoms with Gasteiger partial charge in [0.1, 0.15) is 5.75 Å².